The number of fused-ring (bicyclic) bond motifs is 1. The Kier molecular flexibility index (Phi) is 4.71. The smallest absolute Gasteiger partial charge is 0.243 e. The second kappa shape index (κ2) is 6.65. The van der Waals surface area contributed by atoms with Gasteiger partial charge in [-0.2, -0.15) is 4.31 Å². The van der Waals surface area contributed by atoms with Crippen molar-refractivity contribution < 1.29 is 22.3 Å². The van der Waals surface area contributed by atoms with Gasteiger partial charge < -0.3 is 9.47 Å². The van der Waals surface area contributed by atoms with Crippen molar-refractivity contribution in [2.45, 2.75) is 24.8 Å². The molecule has 0 amide bonds. The molecule has 1 aliphatic heterocycles. The van der Waals surface area contributed by atoms with Gasteiger partial charge in [-0.3, -0.25) is 0 Å². The Morgan fingerprint density at radius 1 is 1.04 bits per heavy atom. The molecule has 2 aromatic carbocycles. The average Bonchev–Trinajstić information content (AvgIpc) is 2.59. The Morgan fingerprint density at radius 2 is 1.68 bits per heavy atom. The van der Waals surface area contributed by atoms with Crippen molar-refractivity contribution in [2.24, 2.45) is 0 Å². The Bertz CT molecular complexity index is 912. The van der Waals surface area contributed by atoms with E-state index in [-0.39, 0.29) is 11.4 Å². The van der Waals surface area contributed by atoms with Crippen molar-refractivity contribution in [3.63, 3.8) is 0 Å². The largest absolute Gasteiger partial charge is 0.493 e. The quantitative estimate of drug-likeness (QED) is 0.836. The summed E-state index contributed by atoms with van der Waals surface area (Å²) in [4.78, 5) is 0.137. The third kappa shape index (κ3) is 3.21. The summed E-state index contributed by atoms with van der Waals surface area (Å²) >= 11 is 0. The second-order valence-corrected chi connectivity index (χ2v) is 7.88. The highest BCUT2D eigenvalue weighted by Gasteiger charge is 2.30. The lowest BCUT2D eigenvalue weighted by atomic mass is 10.0. The number of hydrogen-bond donors (Lipinski definition) is 0. The van der Waals surface area contributed by atoms with Crippen molar-refractivity contribution in [3.8, 4) is 11.5 Å². The van der Waals surface area contributed by atoms with Gasteiger partial charge in [-0.05, 0) is 60.4 Å². The lowest BCUT2D eigenvalue weighted by molar-refractivity contribution is 0.348. The fourth-order valence-electron chi connectivity index (χ4n) is 3.10. The summed E-state index contributed by atoms with van der Waals surface area (Å²) < 4.78 is 51.2. The zero-order valence-corrected chi connectivity index (χ0v) is 15.2. The van der Waals surface area contributed by atoms with Crippen LogP contribution in [0.4, 0.5) is 4.39 Å². The molecule has 0 radical (unpaired) electrons. The van der Waals surface area contributed by atoms with Crippen LogP contribution in [0.5, 0.6) is 11.5 Å². The number of halogens is 1. The normalized spacial score (nSPS) is 14.9. The molecule has 0 aliphatic carbocycles. The minimum atomic E-state index is -3.69. The maximum atomic E-state index is 13.3. The van der Waals surface area contributed by atoms with E-state index in [4.69, 9.17) is 9.47 Å². The highest BCUT2D eigenvalue weighted by molar-refractivity contribution is 7.89. The summed E-state index contributed by atoms with van der Waals surface area (Å²) in [5, 5.41) is 0. The monoisotopic (exact) mass is 365 g/mol. The molecular formula is C18H20FNO4S. The van der Waals surface area contributed by atoms with Gasteiger partial charge >= 0.3 is 0 Å². The van der Waals surface area contributed by atoms with Gasteiger partial charge in [0.15, 0.2) is 11.5 Å². The standard InChI is InChI=1S/C18H20FNO4S/c1-12-8-15(19)4-5-18(12)25(21,22)20-7-6-13-9-16(23-2)17(24-3)10-14(13)11-20/h4-5,8-10H,6-7,11H2,1-3H3. The third-order valence-electron chi connectivity index (χ3n) is 4.44. The first-order valence-corrected chi connectivity index (χ1v) is 9.31. The van der Waals surface area contributed by atoms with E-state index in [1.807, 2.05) is 12.1 Å². The lowest BCUT2D eigenvalue weighted by Gasteiger charge is -2.29. The highest BCUT2D eigenvalue weighted by Crippen LogP contribution is 2.34. The molecule has 3 rings (SSSR count). The molecule has 2 aromatic rings. The van der Waals surface area contributed by atoms with E-state index in [0.717, 1.165) is 11.1 Å². The van der Waals surface area contributed by atoms with Crippen LogP contribution in [0.3, 0.4) is 0 Å². The number of hydrogen-bond acceptors (Lipinski definition) is 4. The first kappa shape index (κ1) is 17.7. The number of rotatable bonds is 4. The van der Waals surface area contributed by atoms with Crippen LogP contribution in [0.15, 0.2) is 35.2 Å². The van der Waals surface area contributed by atoms with E-state index in [1.165, 1.54) is 22.5 Å². The van der Waals surface area contributed by atoms with Gasteiger partial charge in [0.25, 0.3) is 0 Å². The lowest BCUT2D eigenvalue weighted by Crippen LogP contribution is -2.36. The van der Waals surface area contributed by atoms with E-state index in [1.54, 1.807) is 21.1 Å². The highest BCUT2D eigenvalue weighted by atomic mass is 32.2. The Balaban J connectivity index is 1.96. The van der Waals surface area contributed by atoms with Crippen molar-refractivity contribution in [1.82, 2.24) is 4.31 Å². The zero-order chi connectivity index (χ0) is 18.2. The fourth-order valence-corrected chi connectivity index (χ4v) is 4.73. The predicted molar refractivity (Wildman–Crippen MR) is 92.0 cm³/mol. The van der Waals surface area contributed by atoms with Gasteiger partial charge in [-0.25, -0.2) is 12.8 Å². The molecule has 0 atom stereocenters. The SMILES string of the molecule is COc1cc2c(cc1OC)CN(S(=O)(=O)c1ccc(F)cc1C)CC2. The molecule has 134 valence electrons. The van der Waals surface area contributed by atoms with Crippen LogP contribution in [-0.2, 0) is 23.0 Å². The first-order chi connectivity index (χ1) is 11.9. The van der Waals surface area contributed by atoms with Crippen molar-refractivity contribution in [2.75, 3.05) is 20.8 Å². The Hall–Kier alpha value is -2.12. The molecule has 0 saturated carbocycles. The summed E-state index contributed by atoms with van der Waals surface area (Å²) in [6.07, 6.45) is 0.579. The number of methoxy groups -OCH3 is 2. The third-order valence-corrected chi connectivity index (χ3v) is 6.44. The molecule has 0 aromatic heterocycles. The van der Waals surface area contributed by atoms with Crippen molar-refractivity contribution >= 4 is 10.0 Å². The molecule has 0 N–H and O–H groups in total. The molecule has 1 heterocycles. The maximum absolute atomic E-state index is 13.3. The minimum absolute atomic E-state index is 0.137. The van der Waals surface area contributed by atoms with Gasteiger partial charge in [0.1, 0.15) is 5.82 Å². The van der Waals surface area contributed by atoms with Crippen molar-refractivity contribution in [1.29, 1.82) is 0 Å². The van der Waals surface area contributed by atoms with Crippen LogP contribution >= 0.6 is 0 Å². The van der Waals surface area contributed by atoms with Gasteiger partial charge in [-0.1, -0.05) is 0 Å². The summed E-state index contributed by atoms with van der Waals surface area (Å²) in [6, 6.07) is 7.43. The summed E-state index contributed by atoms with van der Waals surface area (Å²) in [5.74, 6) is 0.752. The van der Waals surface area contributed by atoms with E-state index in [2.05, 4.69) is 0 Å². The first-order valence-electron chi connectivity index (χ1n) is 7.87. The predicted octanol–water partition coefficient (Wildman–Crippen LogP) is 2.90. The average molecular weight is 365 g/mol. The summed E-state index contributed by atoms with van der Waals surface area (Å²) in [6.45, 7) is 2.21. The van der Waals surface area contributed by atoms with Crippen LogP contribution in [0.25, 0.3) is 0 Å². The Morgan fingerprint density at radius 3 is 2.28 bits per heavy atom. The fraction of sp³-hybridized carbons (Fsp3) is 0.333. The molecular weight excluding hydrogens is 345 g/mol. The topological polar surface area (TPSA) is 55.8 Å². The second-order valence-electron chi connectivity index (χ2n) is 5.97. The minimum Gasteiger partial charge on any atom is -0.493 e. The molecule has 0 saturated heterocycles. The number of sulfonamides is 1. The number of aryl methyl sites for hydroxylation is 1. The van der Waals surface area contributed by atoms with E-state index >= 15 is 0 Å². The van der Waals surface area contributed by atoms with Gasteiger partial charge in [0.05, 0.1) is 19.1 Å². The zero-order valence-electron chi connectivity index (χ0n) is 14.4. The molecule has 0 fully saturated rings. The molecule has 5 nitrogen and oxygen atoms in total. The molecule has 7 heteroatoms. The molecule has 25 heavy (non-hydrogen) atoms. The molecule has 1 aliphatic rings. The number of nitrogens with zero attached hydrogens (tertiary/aromatic N) is 1. The van der Waals surface area contributed by atoms with Crippen LogP contribution in [-0.4, -0.2) is 33.5 Å². The van der Waals surface area contributed by atoms with Crippen LogP contribution < -0.4 is 9.47 Å². The van der Waals surface area contributed by atoms with Crippen LogP contribution in [0.1, 0.15) is 16.7 Å². The van der Waals surface area contributed by atoms with Gasteiger partial charge in [0.2, 0.25) is 10.0 Å². The number of benzene rings is 2. The number of ether oxygens (including phenoxy) is 2. The van der Waals surface area contributed by atoms with E-state index < -0.39 is 15.8 Å². The van der Waals surface area contributed by atoms with Crippen molar-refractivity contribution in [3.05, 3.63) is 52.8 Å². The summed E-state index contributed by atoms with van der Waals surface area (Å²) in [7, 11) is -0.577. The van der Waals surface area contributed by atoms with E-state index in [9.17, 15) is 12.8 Å². The van der Waals surface area contributed by atoms with Crippen LogP contribution in [0.2, 0.25) is 0 Å². The van der Waals surface area contributed by atoms with E-state index in [0.29, 0.717) is 30.0 Å². The molecule has 0 unspecified atom stereocenters. The molecule has 0 spiro atoms. The van der Waals surface area contributed by atoms with Crippen LogP contribution in [0, 0.1) is 12.7 Å². The maximum Gasteiger partial charge on any atom is 0.243 e. The summed E-state index contributed by atoms with van der Waals surface area (Å²) in [5.41, 5.74) is 2.32. The van der Waals surface area contributed by atoms with Gasteiger partial charge in [0, 0.05) is 13.1 Å². The Labute approximate surface area is 147 Å². The molecule has 0 bridgehead atoms. The van der Waals surface area contributed by atoms with Gasteiger partial charge in [-0.15, -0.1) is 0 Å².